The maximum atomic E-state index is 12.1. The van der Waals surface area contributed by atoms with Gasteiger partial charge in [-0.05, 0) is 48.9 Å². The molecule has 4 rings (SSSR count). The summed E-state index contributed by atoms with van der Waals surface area (Å²) < 4.78 is 12.0. The summed E-state index contributed by atoms with van der Waals surface area (Å²) in [4.78, 5) is 16.4. The quantitative estimate of drug-likeness (QED) is 0.368. The van der Waals surface area contributed by atoms with Crippen molar-refractivity contribution in [2.45, 2.75) is 6.92 Å². The van der Waals surface area contributed by atoms with Gasteiger partial charge in [0.05, 0.1) is 0 Å². The summed E-state index contributed by atoms with van der Waals surface area (Å²) in [6.45, 7) is 1.94. The first kappa shape index (κ1) is 17.8. The van der Waals surface area contributed by atoms with Gasteiger partial charge in [0.2, 0.25) is 5.90 Å². The number of hydrogen-bond acceptors (Lipinski definition) is 4. The van der Waals surface area contributed by atoms with Crippen LogP contribution in [0, 0.1) is 6.92 Å². The lowest BCUT2D eigenvalue weighted by Gasteiger charge is -2.00. The highest BCUT2D eigenvalue weighted by molar-refractivity contribution is 9.10. The number of cyclic esters (lactones) is 1. The summed E-state index contributed by atoms with van der Waals surface area (Å²) in [5.74, 6) is 0.921. The van der Waals surface area contributed by atoms with E-state index in [0.717, 1.165) is 21.2 Å². The van der Waals surface area contributed by atoms with Crippen LogP contribution in [0.1, 0.15) is 16.9 Å². The first-order valence-electron chi connectivity index (χ1n) is 8.14. The summed E-state index contributed by atoms with van der Waals surface area (Å²) in [7, 11) is 0. The third-order valence-corrected chi connectivity index (χ3v) is 4.95. The topological polar surface area (TPSA) is 51.8 Å². The zero-order valence-electron chi connectivity index (χ0n) is 14.2. The number of hydrogen-bond donors (Lipinski definition) is 0. The van der Waals surface area contributed by atoms with Crippen LogP contribution in [-0.4, -0.2) is 11.9 Å². The van der Waals surface area contributed by atoms with E-state index in [1.165, 1.54) is 0 Å². The zero-order valence-corrected chi connectivity index (χ0v) is 16.5. The Morgan fingerprint density at radius 2 is 1.93 bits per heavy atom. The second kappa shape index (κ2) is 7.18. The lowest BCUT2D eigenvalue weighted by atomic mass is 10.1. The third kappa shape index (κ3) is 3.75. The molecule has 0 bridgehead atoms. The Bertz CT molecular complexity index is 1110. The minimum Gasteiger partial charge on any atom is -0.457 e. The van der Waals surface area contributed by atoms with E-state index in [1.807, 2.05) is 55.5 Å². The Morgan fingerprint density at radius 3 is 2.70 bits per heavy atom. The first-order valence-corrected chi connectivity index (χ1v) is 9.31. The lowest BCUT2D eigenvalue weighted by Crippen LogP contribution is -2.05. The molecule has 0 saturated carbocycles. The van der Waals surface area contributed by atoms with Gasteiger partial charge in [-0.3, -0.25) is 0 Å². The Labute approximate surface area is 169 Å². The van der Waals surface area contributed by atoms with Crippen molar-refractivity contribution in [1.29, 1.82) is 0 Å². The van der Waals surface area contributed by atoms with Crippen LogP contribution in [0.15, 0.2) is 74.2 Å². The van der Waals surface area contributed by atoms with Crippen LogP contribution < -0.4 is 0 Å². The average molecular weight is 443 g/mol. The monoisotopic (exact) mass is 441 g/mol. The SMILES string of the molecule is Cc1ccc(-c2ccc(C=C3N=C(c4cccc(Br)c4)OC3=O)o2)cc1Cl. The third-order valence-electron chi connectivity index (χ3n) is 4.05. The first-order chi connectivity index (χ1) is 13.0. The van der Waals surface area contributed by atoms with Crippen LogP contribution in [0.4, 0.5) is 0 Å². The number of furan rings is 1. The number of rotatable bonds is 3. The van der Waals surface area contributed by atoms with Gasteiger partial charge in [0.25, 0.3) is 0 Å². The summed E-state index contributed by atoms with van der Waals surface area (Å²) >= 11 is 9.57. The smallest absolute Gasteiger partial charge is 0.363 e. The van der Waals surface area contributed by atoms with E-state index in [1.54, 1.807) is 12.1 Å². The van der Waals surface area contributed by atoms with Gasteiger partial charge in [0, 0.05) is 26.7 Å². The zero-order chi connectivity index (χ0) is 19.0. The van der Waals surface area contributed by atoms with Crippen molar-refractivity contribution in [2.24, 2.45) is 4.99 Å². The van der Waals surface area contributed by atoms with Crippen LogP contribution in [0.3, 0.4) is 0 Å². The Morgan fingerprint density at radius 1 is 1.07 bits per heavy atom. The van der Waals surface area contributed by atoms with Crippen molar-refractivity contribution in [3.05, 3.63) is 86.7 Å². The van der Waals surface area contributed by atoms with E-state index in [-0.39, 0.29) is 11.6 Å². The van der Waals surface area contributed by atoms with Crippen LogP contribution >= 0.6 is 27.5 Å². The number of carbonyl (C=O) groups is 1. The molecule has 4 nitrogen and oxygen atoms in total. The van der Waals surface area contributed by atoms with E-state index in [9.17, 15) is 4.79 Å². The van der Waals surface area contributed by atoms with E-state index in [2.05, 4.69) is 20.9 Å². The molecule has 1 aliphatic heterocycles. The molecule has 2 aromatic carbocycles. The summed E-state index contributed by atoms with van der Waals surface area (Å²) in [5, 5.41) is 0.673. The number of ether oxygens (including phenoxy) is 1. The molecule has 1 aromatic heterocycles. The van der Waals surface area contributed by atoms with Crippen molar-refractivity contribution in [2.75, 3.05) is 0 Å². The molecule has 6 heteroatoms. The molecule has 3 aromatic rings. The van der Waals surface area contributed by atoms with Crippen LogP contribution in [0.5, 0.6) is 0 Å². The van der Waals surface area contributed by atoms with Gasteiger partial charge in [-0.1, -0.05) is 45.7 Å². The van der Waals surface area contributed by atoms with E-state index >= 15 is 0 Å². The highest BCUT2D eigenvalue weighted by Crippen LogP contribution is 2.28. The van der Waals surface area contributed by atoms with E-state index in [4.69, 9.17) is 20.8 Å². The van der Waals surface area contributed by atoms with Crippen molar-refractivity contribution in [1.82, 2.24) is 0 Å². The highest BCUT2D eigenvalue weighted by Gasteiger charge is 2.24. The van der Waals surface area contributed by atoms with Crippen LogP contribution in [-0.2, 0) is 9.53 Å². The second-order valence-electron chi connectivity index (χ2n) is 6.01. The second-order valence-corrected chi connectivity index (χ2v) is 7.34. The van der Waals surface area contributed by atoms with Crippen molar-refractivity contribution in [3.63, 3.8) is 0 Å². The molecule has 0 spiro atoms. The van der Waals surface area contributed by atoms with E-state index < -0.39 is 5.97 Å². The fraction of sp³-hybridized carbons (Fsp3) is 0.0476. The molecule has 0 fully saturated rings. The maximum Gasteiger partial charge on any atom is 0.363 e. The molecular formula is C21H13BrClNO3. The number of carbonyl (C=O) groups excluding carboxylic acids is 1. The van der Waals surface area contributed by atoms with Gasteiger partial charge in [0.15, 0.2) is 5.70 Å². The Hall–Kier alpha value is -2.63. The summed E-state index contributed by atoms with van der Waals surface area (Å²) in [6, 6.07) is 16.7. The number of nitrogens with zero attached hydrogens (tertiary/aromatic N) is 1. The number of esters is 1. The average Bonchev–Trinajstić information content (AvgIpc) is 3.25. The molecule has 27 heavy (non-hydrogen) atoms. The van der Waals surface area contributed by atoms with Gasteiger partial charge in [-0.2, -0.15) is 0 Å². The molecule has 0 radical (unpaired) electrons. The molecule has 0 unspecified atom stereocenters. The Balaban J connectivity index is 1.63. The van der Waals surface area contributed by atoms with Gasteiger partial charge >= 0.3 is 5.97 Å². The van der Waals surface area contributed by atoms with Crippen LogP contribution in [0.25, 0.3) is 17.4 Å². The predicted octanol–water partition coefficient (Wildman–Crippen LogP) is 6.02. The largest absolute Gasteiger partial charge is 0.457 e. The maximum absolute atomic E-state index is 12.1. The molecule has 1 aliphatic rings. The fourth-order valence-corrected chi connectivity index (χ4v) is 3.20. The normalized spacial score (nSPS) is 15.1. The molecule has 0 amide bonds. The van der Waals surface area contributed by atoms with E-state index in [0.29, 0.717) is 16.5 Å². The lowest BCUT2D eigenvalue weighted by molar-refractivity contribution is -0.129. The van der Waals surface area contributed by atoms with Crippen LogP contribution in [0.2, 0.25) is 5.02 Å². The fourth-order valence-electron chi connectivity index (χ4n) is 2.62. The highest BCUT2D eigenvalue weighted by atomic mass is 79.9. The van der Waals surface area contributed by atoms with Gasteiger partial charge < -0.3 is 9.15 Å². The Kier molecular flexibility index (Phi) is 4.72. The standard InChI is InChI=1S/C21H13BrClNO3/c1-12-5-6-13(10-17(12)23)19-8-7-16(26-19)11-18-21(25)27-20(24-18)14-3-2-4-15(22)9-14/h2-11H,1H3. The number of aryl methyl sites for hydroxylation is 1. The summed E-state index contributed by atoms with van der Waals surface area (Å²) in [6.07, 6.45) is 1.56. The molecule has 134 valence electrons. The van der Waals surface area contributed by atoms with Gasteiger partial charge in [-0.25, -0.2) is 9.79 Å². The summed E-state index contributed by atoms with van der Waals surface area (Å²) in [5.41, 5.74) is 2.77. The van der Waals surface area contributed by atoms with Crippen molar-refractivity contribution >= 4 is 45.5 Å². The number of benzene rings is 2. The van der Waals surface area contributed by atoms with Crippen molar-refractivity contribution < 1.29 is 13.9 Å². The minimum absolute atomic E-state index is 0.188. The van der Waals surface area contributed by atoms with Gasteiger partial charge in [0.1, 0.15) is 11.5 Å². The molecule has 0 aliphatic carbocycles. The molecule has 0 N–H and O–H groups in total. The van der Waals surface area contributed by atoms with Crippen molar-refractivity contribution in [3.8, 4) is 11.3 Å². The number of aliphatic imine (C=N–C) groups is 1. The molecule has 2 heterocycles. The molecule has 0 saturated heterocycles. The number of halogens is 2. The van der Waals surface area contributed by atoms with Gasteiger partial charge in [-0.15, -0.1) is 0 Å². The predicted molar refractivity (Wildman–Crippen MR) is 109 cm³/mol. The molecular weight excluding hydrogens is 430 g/mol. The molecule has 0 atom stereocenters. The minimum atomic E-state index is -0.513.